The Morgan fingerprint density at radius 2 is 2.00 bits per heavy atom. The van der Waals surface area contributed by atoms with E-state index in [1.54, 1.807) is 6.07 Å². The van der Waals surface area contributed by atoms with Crippen LogP contribution in [-0.2, 0) is 10.2 Å². The van der Waals surface area contributed by atoms with Crippen molar-refractivity contribution in [3.05, 3.63) is 29.6 Å². The lowest BCUT2D eigenvalue weighted by Crippen LogP contribution is -2.13. The monoisotopic (exact) mass is 226 g/mol. The maximum atomic E-state index is 13.3. The van der Waals surface area contributed by atoms with Crippen LogP contribution in [0, 0.1) is 5.82 Å². The normalized spacial score (nSPS) is 11.2. The van der Waals surface area contributed by atoms with Crippen LogP contribution in [0.3, 0.4) is 0 Å². The predicted octanol–water partition coefficient (Wildman–Crippen LogP) is 2.59. The van der Waals surface area contributed by atoms with Gasteiger partial charge in [0.1, 0.15) is 11.6 Å². The first kappa shape index (κ1) is 12.5. The molecule has 0 saturated heterocycles. The molecule has 0 saturated carbocycles. The molecule has 1 N–H and O–H groups in total. The fraction of sp³-hybridized carbons (Fsp3) is 0.417. The van der Waals surface area contributed by atoms with Crippen molar-refractivity contribution in [2.24, 2.45) is 0 Å². The number of hydrogen-bond acceptors (Lipinski definition) is 2. The van der Waals surface area contributed by atoms with Crippen LogP contribution in [0.2, 0.25) is 0 Å². The zero-order chi connectivity index (χ0) is 12.3. The second-order valence-electron chi connectivity index (χ2n) is 4.61. The van der Waals surface area contributed by atoms with Crippen molar-refractivity contribution in [3.63, 3.8) is 0 Å². The van der Waals surface area contributed by atoms with Crippen LogP contribution in [0.15, 0.2) is 18.2 Å². The van der Waals surface area contributed by atoms with Gasteiger partial charge in [0, 0.05) is 6.07 Å². The van der Waals surface area contributed by atoms with E-state index in [-0.39, 0.29) is 11.2 Å². The summed E-state index contributed by atoms with van der Waals surface area (Å²) in [6, 6.07) is 4.26. The summed E-state index contributed by atoms with van der Waals surface area (Å²) in [5, 5.41) is 8.45. The van der Waals surface area contributed by atoms with Crippen molar-refractivity contribution in [2.45, 2.75) is 26.2 Å². The topological polar surface area (TPSA) is 46.5 Å². The number of benzene rings is 1. The number of carboxylic acid groups (broad SMARTS) is 1. The molecule has 1 aromatic rings. The predicted molar refractivity (Wildman–Crippen MR) is 58.2 cm³/mol. The molecule has 0 heterocycles. The molecule has 0 aliphatic carbocycles. The maximum absolute atomic E-state index is 13.3. The molecule has 4 heteroatoms. The van der Waals surface area contributed by atoms with Crippen molar-refractivity contribution in [2.75, 3.05) is 6.61 Å². The smallest absolute Gasteiger partial charge is 0.341 e. The largest absolute Gasteiger partial charge is 0.482 e. The van der Waals surface area contributed by atoms with Crippen LogP contribution in [-0.4, -0.2) is 17.7 Å². The average Bonchev–Trinajstić information content (AvgIpc) is 2.12. The molecule has 0 unspecified atom stereocenters. The van der Waals surface area contributed by atoms with Crippen molar-refractivity contribution >= 4 is 5.97 Å². The van der Waals surface area contributed by atoms with Gasteiger partial charge < -0.3 is 9.84 Å². The molecule has 0 atom stereocenters. The molecular weight excluding hydrogens is 211 g/mol. The summed E-state index contributed by atoms with van der Waals surface area (Å²) in [4.78, 5) is 10.3. The van der Waals surface area contributed by atoms with E-state index >= 15 is 0 Å². The Hall–Kier alpha value is -1.58. The summed E-state index contributed by atoms with van der Waals surface area (Å²) in [6.45, 7) is 5.38. The minimum atomic E-state index is -1.08. The number of rotatable bonds is 3. The van der Waals surface area contributed by atoms with Gasteiger partial charge in [-0.05, 0) is 23.1 Å². The molecule has 16 heavy (non-hydrogen) atoms. The van der Waals surface area contributed by atoms with Gasteiger partial charge in [0.05, 0.1) is 0 Å². The Kier molecular flexibility index (Phi) is 3.52. The minimum Gasteiger partial charge on any atom is -0.482 e. The van der Waals surface area contributed by atoms with Crippen LogP contribution in [0.25, 0.3) is 0 Å². The molecule has 0 amide bonds. The van der Waals surface area contributed by atoms with Crippen LogP contribution >= 0.6 is 0 Å². The first-order valence-corrected chi connectivity index (χ1v) is 4.95. The lowest BCUT2D eigenvalue weighted by molar-refractivity contribution is -0.139. The summed E-state index contributed by atoms with van der Waals surface area (Å²) < 4.78 is 18.2. The third-order valence-electron chi connectivity index (χ3n) is 2.10. The molecule has 3 nitrogen and oxygen atoms in total. The molecule has 1 aromatic carbocycles. The first-order chi connectivity index (χ1) is 7.29. The quantitative estimate of drug-likeness (QED) is 0.861. The molecule has 88 valence electrons. The molecule has 1 rings (SSSR count). The lowest BCUT2D eigenvalue weighted by atomic mass is 9.87. The first-order valence-electron chi connectivity index (χ1n) is 4.95. The highest BCUT2D eigenvalue weighted by Gasteiger charge is 2.16. The third-order valence-corrected chi connectivity index (χ3v) is 2.10. The summed E-state index contributed by atoms with van der Waals surface area (Å²) in [7, 11) is 0. The molecule has 0 radical (unpaired) electrons. The van der Waals surface area contributed by atoms with Gasteiger partial charge in [-0.1, -0.05) is 20.8 Å². The molecule has 0 aromatic heterocycles. The van der Waals surface area contributed by atoms with E-state index in [0.29, 0.717) is 0 Å². The van der Waals surface area contributed by atoms with Crippen LogP contribution < -0.4 is 4.74 Å². The maximum Gasteiger partial charge on any atom is 0.341 e. The summed E-state index contributed by atoms with van der Waals surface area (Å²) in [5.74, 6) is -1.26. The molecule has 0 fully saturated rings. The number of ether oxygens (including phenoxy) is 1. The van der Waals surface area contributed by atoms with E-state index in [0.717, 1.165) is 5.56 Å². The Morgan fingerprint density at radius 1 is 1.38 bits per heavy atom. The van der Waals surface area contributed by atoms with Crippen molar-refractivity contribution in [1.82, 2.24) is 0 Å². The van der Waals surface area contributed by atoms with Crippen LogP contribution in [0.4, 0.5) is 4.39 Å². The fourth-order valence-electron chi connectivity index (χ4n) is 1.22. The third kappa shape index (κ3) is 3.53. The number of hydrogen-bond donors (Lipinski definition) is 1. The Morgan fingerprint density at radius 3 is 2.50 bits per heavy atom. The van der Waals surface area contributed by atoms with E-state index in [1.807, 2.05) is 20.8 Å². The highest BCUT2D eigenvalue weighted by Crippen LogP contribution is 2.27. The lowest BCUT2D eigenvalue weighted by Gasteiger charge is -2.19. The molecule has 0 spiro atoms. The average molecular weight is 226 g/mol. The Balaban J connectivity index is 2.94. The van der Waals surface area contributed by atoms with Gasteiger partial charge in [-0.3, -0.25) is 0 Å². The number of halogens is 1. The number of carbonyl (C=O) groups is 1. The summed E-state index contributed by atoms with van der Waals surface area (Å²) >= 11 is 0. The second kappa shape index (κ2) is 4.51. The van der Waals surface area contributed by atoms with Crippen molar-refractivity contribution in [1.29, 1.82) is 0 Å². The van der Waals surface area contributed by atoms with Gasteiger partial charge in [-0.15, -0.1) is 0 Å². The van der Waals surface area contributed by atoms with E-state index in [4.69, 9.17) is 9.84 Å². The second-order valence-corrected chi connectivity index (χ2v) is 4.61. The summed E-state index contributed by atoms with van der Waals surface area (Å²) in [5.41, 5.74) is 0.566. The van der Waals surface area contributed by atoms with Crippen LogP contribution in [0.1, 0.15) is 26.3 Å². The van der Waals surface area contributed by atoms with E-state index in [2.05, 4.69) is 0 Å². The molecule has 0 bridgehead atoms. The van der Waals surface area contributed by atoms with Gasteiger partial charge in [0.25, 0.3) is 0 Å². The van der Waals surface area contributed by atoms with Gasteiger partial charge in [0.15, 0.2) is 6.61 Å². The highest BCUT2D eigenvalue weighted by atomic mass is 19.1. The van der Waals surface area contributed by atoms with Crippen molar-refractivity contribution < 1.29 is 19.0 Å². The molecule has 0 aliphatic rings. The van der Waals surface area contributed by atoms with E-state index in [1.165, 1.54) is 12.1 Å². The van der Waals surface area contributed by atoms with Gasteiger partial charge in [-0.2, -0.15) is 0 Å². The zero-order valence-electron chi connectivity index (χ0n) is 9.58. The minimum absolute atomic E-state index is 0.205. The SMILES string of the molecule is CC(C)(C)c1cc(F)cc(OCC(=O)O)c1. The molecule has 0 aliphatic heterocycles. The van der Waals surface area contributed by atoms with Crippen molar-refractivity contribution in [3.8, 4) is 5.75 Å². The standard InChI is InChI=1S/C12H15FO3/c1-12(2,3)8-4-9(13)6-10(5-8)16-7-11(14)15/h4-6H,7H2,1-3H3,(H,14,15). The van der Waals surface area contributed by atoms with Gasteiger partial charge >= 0.3 is 5.97 Å². The molecular formula is C12H15FO3. The fourth-order valence-corrected chi connectivity index (χ4v) is 1.22. The highest BCUT2D eigenvalue weighted by molar-refractivity contribution is 5.68. The zero-order valence-corrected chi connectivity index (χ0v) is 9.58. The van der Waals surface area contributed by atoms with E-state index < -0.39 is 18.4 Å². The summed E-state index contributed by atoms with van der Waals surface area (Å²) in [6.07, 6.45) is 0. The van der Waals surface area contributed by atoms with Crippen LogP contribution in [0.5, 0.6) is 5.75 Å². The van der Waals surface area contributed by atoms with Gasteiger partial charge in [-0.25, -0.2) is 9.18 Å². The van der Waals surface area contributed by atoms with E-state index in [9.17, 15) is 9.18 Å². The number of aliphatic carboxylic acids is 1. The Labute approximate surface area is 93.9 Å². The van der Waals surface area contributed by atoms with Gasteiger partial charge in [0.2, 0.25) is 0 Å². The number of carboxylic acids is 1. The Bertz CT molecular complexity index is 394.